The summed E-state index contributed by atoms with van der Waals surface area (Å²) in [6.45, 7) is 3.54. The first kappa shape index (κ1) is 12.7. The average molecular weight is 256 g/mol. The second-order valence-corrected chi connectivity index (χ2v) is 5.10. The molecule has 0 aromatic carbocycles. The van der Waals surface area contributed by atoms with Gasteiger partial charge in [-0.2, -0.15) is 4.37 Å². The molecule has 1 fully saturated rings. The summed E-state index contributed by atoms with van der Waals surface area (Å²) in [5.41, 5.74) is 0. The van der Waals surface area contributed by atoms with E-state index in [1.165, 1.54) is 24.4 Å². The molecule has 17 heavy (non-hydrogen) atoms. The molecule has 1 aromatic rings. The Morgan fingerprint density at radius 3 is 3.00 bits per heavy atom. The van der Waals surface area contributed by atoms with Gasteiger partial charge in [-0.05, 0) is 12.8 Å². The van der Waals surface area contributed by atoms with Crippen molar-refractivity contribution in [3.8, 4) is 0 Å². The molecule has 0 spiro atoms. The highest BCUT2D eigenvalue weighted by molar-refractivity contribution is 7.09. The number of nitrogens with one attached hydrogen (secondary N) is 1. The second-order valence-electron chi connectivity index (χ2n) is 4.37. The maximum atomic E-state index is 4.97. The molecule has 2 rings (SSSR count). The van der Waals surface area contributed by atoms with Gasteiger partial charge in [0.2, 0.25) is 5.13 Å². The summed E-state index contributed by atoms with van der Waals surface area (Å²) in [5.74, 6) is 1.69. The minimum atomic E-state index is 0.647. The molecular weight excluding hydrogens is 236 g/mol. The van der Waals surface area contributed by atoms with Crippen LogP contribution in [0.4, 0.5) is 5.13 Å². The summed E-state index contributed by atoms with van der Waals surface area (Å²) in [6.07, 6.45) is 2.52. The van der Waals surface area contributed by atoms with E-state index in [0.29, 0.717) is 5.92 Å². The predicted octanol–water partition coefficient (Wildman–Crippen LogP) is 1.09. The van der Waals surface area contributed by atoms with E-state index in [0.717, 1.165) is 37.2 Å². The fraction of sp³-hybridized carbons (Fsp3) is 0.818. The number of rotatable bonds is 8. The van der Waals surface area contributed by atoms with E-state index < -0.39 is 0 Å². The quantitative estimate of drug-likeness (QED) is 0.706. The number of hydrogen-bond donors (Lipinski definition) is 1. The van der Waals surface area contributed by atoms with E-state index in [2.05, 4.69) is 26.6 Å². The summed E-state index contributed by atoms with van der Waals surface area (Å²) in [4.78, 5) is 6.72. The maximum absolute atomic E-state index is 4.97. The van der Waals surface area contributed by atoms with Gasteiger partial charge in [-0.3, -0.25) is 0 Å². The summed E-state index contributed by atoms with van der Waals surface area (Å²) in [6, 6.07) is 0. The highest BCUT2D eigenvalue weighted by atomic mass is 32.1. The van der Waals surface area contributed by atoms with Crippen LogP contribution in [-0.2, 0) is 4.74 Å². The smallest absolute Gasteiger partial charge is 0.204 e. The van der Waals surface area contributed by atoms with Crippen molar-refractivity contribution in [3.63, 3.8) is 0 Å². The molecule has 0 radical (unpaired) electrons. The molecule has 1 N–H and O–H groups in total. The van der Waals surface area contributed by atoms with Crippen molar-refractivity contribution in [1.29, 1.82) is 0 Å². The Morgan fingerprint density at radius 1 is 1.47 bits per heavy atom. The van der Waals surface area contributed by atoms with Crippen molar-refractivity contribution < 1.29 is 4.74 Å². The van der Waals surface area contributed by atoms with Crippen LogP contribution in [0.3, 0.4) is 0 Å². The molecule has 0 aliphatic heterocycles. The van der Waals surface area contributed by atoms with Crippen LogP contribution in [0, 0.1) is 0 Å². The Bertz CT molecular complexity index is 340. The second kappa shape index (κ2) is 6.28. The summed E-state index contributed by atoms with van der Waals surface area (Å²) in [7, 11) is 3.78. The molecule has 0 atom stereocenters. The molecule has 6 heteroatoms. The zero-order valence-electron chi connectivity index (χ0n) is 10.5. The van der Waals surface area contributed by atoms with Gasteiger partial charge in [-0.25, -0.2) is 4.98 Å². The van der Waals surface area contributed by atoms with Crippen molar-refractivity contribution in [2.45, 2.75) is 18.8 Å². The molecule has 0 unspecified atom stereocenters. The lowest BCUT2D eigenvalue weighted by atomic mass is 10.4. The van der Waals surface area contributed by atoms with Gasteiger partial charge in [0.1, 0.15) is 5.82 Å². The Balaban J connectivity index is 1.68. The predicted molar refractivity (Wildman–Crippen MR) is 69.9 cm³/mol. The van der Waals surface area contributed by atoms with Gasteiger partial charge in [0.05, 0.1) is 6.61 Å². The first-order valence-corrected chi connectivity index (χ1v) is 6.83. The highest BCUT2D eigenvalue weighted by Crippen LogP contribution is 2.39. The maximum Gasteiger partial charge on any atom is 0.204 e. The number of anilines is 1. The van der Waals surface area contributed by atoms with Crippen molar-refractivity contribution in [2.75, 3.05) is 45.3 Å². The molecule has 96 valence electrons. The van der Waals surface area contributed by atoms with Crippen LogP contribution in [-0.4, -0.2) is 49.8 Å². The SMILES string of the molecule is COCCNCCN(C)c1nc(C2CC2)ns1. The van der Waals surface area contributed by atoms with Crippen LogP contribution < -0.4 is 10.2 Å². The molecule has 0 bridgehead atoms. The third-order valence-corrected chi connectivity index (χ3v) is 3.65. The summed E-state index contributed by atoms with van der Waals surface area (Å²) >= 11 is 1.51. The number of ether oxygens (including phenoxy) is 1. The molecule has 1 aliphatic rings. The molecule has 0 saturated heterocycles. The van der Waals surface area contributed by atoms with Crippen LogP contribution in [0.1, 0.15) is 24.6 Å². The first-order chi connectivity index (χ1) is 8.31. The Kier molecular flexibility index (Phi) is 4.70. The largest absolute Gasteiger partial charge is 0.383 e. The Labute approximate surface area is 106 Å². The van der Waals surface area contributed by atoms with Gasteiger partial charge < -0.3 is 15.0 Å². The number of likely N-dealkylation sites (N-methyl/N-ethyl adjacent to an activating group) is 1. The van der Waals surface area contributed by atoms with Gasteiger partial charge in [0.25, 0.3) is 0 Å². The Hall–Kier alpha value is -0.720. The van der Waals surface area contributed by atoms with Crippen LogP contribution in [0.5, 0.6) is 0 Å². The van der Waals surface area contributed by atoms with Gasteiger partial charge in [0, 0.05) is 51.2 Å². The lowest BCUT2D eigenvalue weighted by Gasteiger charge is -2.15. The van der Waals surface area contributed by atoms with Crippen LogP contribution in [0.15, 0.2) is 0 Å². The van der Waals surface area contributed by atoms with E-state index in [1.807, 2.05) is 0 Å². The normalized spacial score (nSPS) is 15.2. The summed E-state index contributed by atoms with van der Waals surface area (Å²) in [5, 5.41) is 4.35. The van der Waals surface area contributed by atoms with E-state index in [9.17, 15) is 0 Å². The number of hydrogen-bond acceptors (Lipinski definition) is 6. The molecule has 1 aliphatic carbocycles. The lowest BCUT2D eigenvalue weighted by molar-refractivity contribution is 0.200. The fourth-order valence-electron chi connectivity index (χ4n) is 1.53. The van der Waals surface area contributed by atoms with E-state index in [1.54, 1.807) is 7.11 Å². The zero-order chi connectivity index (χ0) is 12.1. The molecule has 1 saturated carbocycles. The third-order valence-electron chi connectivity index (χ3n) is 2.81. The average Bonchev–Trinajstić information content (AvgIpc) is 3.07. The van der Waals surface area contributed by atoms with Gasteiger partial charge in [0.15, 0.2) is 0 Å². The molecule has 1 heterocycles. The molecule has 5 nitrogen and oxygen atoms in total. The number of nitrogens with zero attached hydrogens (tertiary/aromatic N) is 3. The van der Waals surface area contributed by atoms with Crippen molar-refractivity contribution in [3.05, 3.63) is 5.82 Å². The minimum absolute atomic E-state index is 0.647. The van der Waals surface area contributed by atoms with Crippen LogP contribution in [0.2, 0.25) is 0 Å². The van der Waals surface area contributed by atoms with Crippen LogP contribution >= 0.6 is 11.5 Å². The van der Waals surface area contributed by atoms with Gasteiger partial charge in [-0.1, -0.05) is 0 Å². The van der Waals surface area contributed by atoms with Crippen molar-refractivity contribution in [2.24, 2.45) is 0 Å². The van der Waals surface area contributed by atoms with Gasteiger partial charge >= 0.3 is 0 Å². The van der Waals surface area contributed by atoms with Gasteiger partial charge in [-0.15, -0.1) is 0 Å². The highest BCUT2D eigenvalue weighted by Gasteiger charge is 2.28. The standard InChI is InChI=1S/C11H20N4OS/c1-15(7-5-12-6-8-16-2)11-13-10(14-17-11)9-3-4-9/h9,12H,3-8H2,1-2H3. The lowest BCUT2D eigenvalue weighted by Crippen LogP contribution is -2.30. The van der Waals surface area contributed by atoms with E-state index >= 15 is 0 Å². The van der Waals surface area contributed by atoms with E-state index in [-0.39, 0.29) is 0 Å². The van der Waals surface area contributed by atoms with E-state index in [4.69, 9.17) is 4.74 Å². The van der Waals surface area contributed by atoms with Crippen molar-refractivity contribution >= 4 is 16.7 Å². The number of methoxy groups -OCH3 is 1. The topological polar surface area (TPSA) is 50.3 Å². The summed E-state index contributed by atoms with van der Waals surface area (Å²) < 4.78 is 9.38. The first-order valence-electron chi connectivity index (χ1n) is 6.05. The zero-order valence-corrected chi connectivity index (χ0v) is 11.3. The van der Waals surface area contributed by atoms with Crippen molar-refractivity contribution in [1.82, 2.24) is 14.7 Å². The minimum Gasteiger partial charge on any atom is -0.383 e. The number of aromatic nitrogens is 2. The third kappa shape index (κ3) is 3.90. The monoisotopic (exact) mass is 256 g/mol. The van der Waals surface area contributed by atoms with Crippen LogP contribution in [0.25, 0.3) is 0 Å². The molecule has 1 aromatic heterocycles. The Morgan fingerprint density at radius 2 is 2.29 bits per heavy atom. The fourth-order valence-corrected chi connectivity index (χ4v) is 2.26. The molecule has 0 amide bonds. The molecular formula is C11H20N4OS.